The Bertz CT molecular complexity index is 1080. The van der Waals surface area contributed by atoms with Gasteiger partial charge in [-0.05, 0) is 19.1 Å². The van der Waals surface area contributed by atoms with Crippen molar-refractivity contribution >= 4 is 28.3 Å². The van der Waals surface area contributed by atoms with Crippen LogP contribution in [0.15, 0.2) is 30.3 Å². The third kappa shape index (κ3) is 7.61. The van der Waals surface area contributed by atoms with Crippen molar-refractivity contribution in [1.82, 2.24) is 14.7 Å². The molecule has 0 aliphatic carbocycles. The summed E-state index contributed by atoms with van der Waals surface area (Å²) in [5.41, 5.74) is -0.197. The van der Waals surface area contributed by atoms with Crippen LogP contribution in [-0.2, 0) is 15.0 Å². The summed E-state index contributed by atoms with van der Waals surface area (Å²) in [5, 5.41) is 2.05. The molecule has 0 spiro atoms. The van der Waals surface area contributed by atoms with Crippen molar-refractivity contribution in [1.29, 1.82) is 0 Å². The molecule has 0 atom stereocenters. The summed E-state index contributed by atoms with van der Waals surface area (Å²) in [5.74, 6) is -2.31. The summed E-state index contributed by atoms with van der Waals surface area (Å²) in [6.45, 7) is -0.310. The lowest BCUT2D eigenvalue weighted by molar-refractivity contribution is -0.161. The van der Waals surface area contributed by atoms with Crippen LogP contribution in [0.5, 0.6) is 11.6 Å². The Morgan fingerprint density at radius 2 is 1.84 bits per heavy atom. The zero-order chi connectivity index (χ0) is 23.2. The summed E-state index contributed by atoms with van der Waals surface area (Å²) >= 11 is 0. The predicted molar refractivity (Wildman–Crippen MR) is 97.8 cm³/mol. The largest absolute Gasteiger partial charge is 0.481 e. The van der Waals surface area contributed by atoms with E-state index in [0.717, 1.165) is 12.1 Å². The van der Waals surface area contributed by atoms with Crippen LogP contribution >= 0.6 is 0 Å². The first-order chi connectivity index (χ1) is 14.4. The van der Waals surface area contributed by atoms with Gasteiger partial charge >= 0.3 is 28.5 Å². The highest BCUT2D eigenvalue weighted by Crippen LogP contribution is 2.22. The maximum absolute atomic E-state index is 12.2. The molecule has 0 aliphatic rings. The molecule has 31 heavy (non-hydrogen) atoms. The van der Waals surface area contributed by atoms with Gasteiger partial charge < -0.3 is 13.7 Å². The highest BCUT2D eigenvalue weighted by Gasteiger charge is 2.31. The first kappa shape index (κ1) is 23.7. The molecule has 2 aromatic rings. The van der Waals surface area contributed by atoms with Crippen molar-refractivity contribution in [2.24, 2.45) is 0 Å². The van der Waals surface area contributed by atoms with E-state index in [9.17, 15) is 31.2 Å². The lowest BCUT2D eigenvalue weighted by atomic mass is 10.2. The van der Waals surface area contributed by atoms with Gasteiger partial charge in [-0.1, -0.05) is 12.1 Å². The molecule has 0 aliphatic heterocycles. The number of anilines is 1. The molecule has 2 N–H and O–H groups in total. The number of nitrogens with one attached hydrogen (secondary N) is 2. The van der Waals surface area contributed by atoms with Crippen LogP contribution in [0.4, 0.5) is 23.9 Å². The van der Waals surface area contributed by atoms with Crippen LogP contribution in [0.1, 0.15) is 16.1 Å². The highest BCUT2D eigenvalue weighted by molar-refractivity contribution is 7.85. The summed E-state index contributed by atoms with van der Waals surface area (Å²) in [7, 11) is -3.54. The van der Waals surface area contributed by atoms with Crippen LogP contribution in [0, 0.1) is 6.92 Å². The van der Waals surface area contributed by atoms with E-state index in [1.807, 2.05) is 5.32 Å². The van der Waals surface area contributed by atoms with Crippen molar-refractivity contribution in [2.45, 2.75) is 13.1 Å². The van der Waals surface area contributed by atoms with Crippen molar-refractivity contribution in [3.05, 3.63) is 41.6 Å². The standard InChI is InChI=1S/C16H15F3N4O7S/c1-9-7-12(28-2)21-14(20-9)22-15(25)23-31(26,27)30-11-6-4-3-5-10(11)13(24)29-8-16(17,18)19/h3-7H,8H2,1-2H3,(H2,20,21,22,23,25). The normalized spacial score (nSPS) is 11.4. The van der Waals surface area contributed by atoms with Crippen molar-refractivity contribution < 1.29 is 44.8 Å². The molecule has 0 unspecified atom stereocenters. The molecule has 2 amide bonds. The van der Waals surface area contributed by atoms with Gasteiger partial charge in [-0.3, -0.25) is 5.32 Å². The molecular formula is C16H15F3N4O7S. The predicted octanol–water partition coefficient (Wildman–Crippen LogP) is 1.96. The topological polar surface area (TPSA) is 146 Å². The average molecular weight is 464 g/mol. The quantitative estimate of drug-likeness (QED) is 0.587. The molecule has 1 aromatic heterocycles. The van der Waals surface area contributed by atoms with Crippen molar-refractivity contribution in [3.8, 4) is 11.6 Å². The number of carbonyl (C=O) groups excluding carboxylic acids is 2. The SMILES string of the molecule is COc1cc(C)nc(NC(=O)NS(=O)(=O)Oc2ccccc2C(=O)OCC(F)(F)F)n1. The van der Waals surface area contributed by atoms with Crippen LogP contribution < -0.4 is 19.0 Å². The zero-order valence-electron chi connectivity index (χ0n) is 15.9. The Hall–Kier alpha value is -3.62. The van der Waals surface area contributed by atoms with E-state index < -0.39 is 46.4 Å². The Kier molecular flexibility index (Phi) is 7.22. The van der Waals surface area contributed by atoms with Crippen LogP contribution in [0.25, 0.3) is 0 Å². The fourth-order valence-corrected chi connectivity index (χ4v) is 2.71. The maximum atomic E-state index is 12.2. The minimum absolute atomic E-state index is 0.105. The number of para-hydroxylation sites is 1. The second kappa shape index (κ2) is 9.46. The van der Waals surface area contributed by atoms with Gasteiger partial charge in [0.05, 0.1) is 7.11 Å². The molecule has 0 saturated carbocycles. The number of hydrogen-bond donors (Lipinski definition) is 2. The van der Waals surface area contributed by atoms with Gasteiger partial charge in [0.15, 0.2) is 12.4 Å². The van der Waals surface area contributed by atoms with Gasteiger partial charge in [-0.25, -0.2) is 19.3 Å². The number of methoxy groups -OCH3 is 1. The molecule has 168 valence electrons. The Morgan fingerprint density at radius 3 is 2.48 bits per heavy atom. The molecule has 1 heterocycles. The fourth-order valence-electron chi connectivity index (χ4n) is 2.01. The van der Waals surface area contributed by atoms with E-state index in [4.69, 9.17) is 4.74 Å². The van der Waals surface area contributed by atoms with E-state index in [2.05, 4.69) is 18.9 Å². The van der Waals surface area contributed by atoms with Crippen molar-refractivity contribution in [3.63, 3.8) is 0 Å². The average Bonchev–Trinajstić information content (AvgIpc) is 2.64. The second-order valence-corrected chi connectivity index (χ2v) is 6.94. The molecule has 0 radical (unpaired) electrons. The van der Waals surface area contributed by atoms with Gasteiger partial charge in [0.2, 0.25) is 11.8 Å². The first-order valence-electron chi connectivity index (χ1n) is 8.14. The highest BCUT2D eigenvalue weighted by atomic mass is 32.2. The van der Waals surface area contributed by atoms with E-state index in [1.165, 1.54) is 30.0 Å². The van der Waals surface area contributed by atoms with Gasteiger partial charge in [0.25, 0.3) is 0 Å². The van der Waals surface area contributed by atoms with Crippen LogP contribution in [0.2, 0.25) is 0 Å². The summed E-state index contributed by atoms with van der Waals surface area (Å²) in [6, 6.07) is 4.60. The minimum atomic E-state index is -4.86. The van der Waals surface area contributed by atoms with Crippen LogP contribution in [0.3, 0.4) is 0 Å². The number of nitrogens with zero attached hydrogens (tertiary/aromatic N) is 2. The molecule has 0 fully saturated rings. The third-order valence-corrected chi connectivity index (χ3v) is 3.99. The molecular weight excluding hydrogens is 449 g/mol. The molecule has 0 bridgehead atoms. The van der Waals surface area contributed by atoms with Crippen LogP contribution in [-0.4, -0.2) is 50.3 Å². The number of aromatic nitrogens is 2. The van der Waals surface area contributed by atoms with E-state index in [-0.39, 0.29) is 11.8 Å². The Morgan fingerprint density at radius 1 is 1.16 bits per heavy atom. The monoisotopic (exact) mass is 464 g/mol. The number of esters is 1. The smallest absolute Gasteiger partial charge is 0.422 e. The number of halogens is 3. The minimum Gasteiger partial charge on any atom is -0.481 e. The van der Waals surface area contributed by atoms with Gasteiger partial charge in [-0.2, -0.15) is 26.6 Å². The number of hydrogen-bond acceptors (Lipinski definition) is 9. The Balaban J connectivity index is 2.10. The number of amides is 2. The van der Waals surface area contributed by atoms with Gasteiger partial charge in [0.1, 0.15) is 5.56 Å². The van der Waals surface area contributed by atoms with E-state index >= 15 is 0 Å². The van der Waals surface area contributed by atoms with Gasteiger partial charge in [-0.15, -0.1) is 0 Å². The number of urea groups is 1. The van der Waals surface area contributed by atoms with Crippen molar-refractivity contribution in [2.75, 3.05) is 19.0 Å². The fraction of sp³-hybridized carbons (Fsp3) is 0.250. The second-order valence-electron chi connectivity index (χ2n) is 5.66. The molecule has 11 nitrogen and oxygen atoms in total. The number of ether oxygens (including phenoxy) is 2. The number of alkyl halides is 3. The molecule has 2 rings (SSSR count). The summed E-state index contributed by atoms with van der Waals surface area (Å²) < 4.78 is 75.9. The molecule has 0 saturated heterocycles. The third-order valence-electron chi connectivity index (χ3n) is 3.16. The maximum Gasteiger partial charge on any atom is 0.422 e. The lowest BCUT2D eigenvalue weighted by Gasteiger charge is -2.12. The molecule has 15 heteroatoms. The number of carbonyl (C=O) groups is 2. The van der Waals surface area contributed by atoms with Gasteiger partial charge in [0, 0.05) is 11.8 Å². The number of rotatable bonds is 7. The van der Waals surface area contributed by atoms with E-state index in [0.29, 0.717) is 5.69 Å². The number of aryl methyl sites for hydroxylation is 1. The molecule has 1 aromatic carbocycles. The summed E-state index contributed by atoms with van der Waals surface area (Å²) in [4.78, 5) is 31.4. The Labute approximate surface area is 173 Å². The van der Waals surface area contributed by atoms with E-state index in [1.54, 1.807) is 6.92 Å². The lowest BCUT2D eigenvalue weighted by Crippen LogP contribution is -2.37. The number of benzene rings is 1. The first-order valence-corrected chi connectivity index (χ1v) is 9.55. The summed E-state index contributed by atoms with van der Waals surface area (Å²) in [6.07, 6.45) is -4.78. The zero-order valence-corrected chi connectivity index (χ0v) is 16.7.